The molecule has 1 saturated heterocycles. The van der Waals surface area contributed by atoms with Gasteiger partial charge in [0.2, 0.25) is 0 Å². The van der Waals surface area contributed by atoms with Crippen molar-refractivity contribution in [1.82, 2.24) is 20.2 Å². The fourth-order valence-corrected chi connectivity index (χ4v) is 3.66. The molecule has 1 aliphatic heterocycles. The van der Waals surface area contributed by atoms with Crippen LogP contribution in [0.3, 0.4) is 0 Å². The van der Waals surface area contributed by atoms with E-state index in [1.807, 2.05) is 54.7 Å². The molecule has 1 atom stereocenters. The molecule has 0 bridgehead atoms. The lowest BCUT2D eigenvalue weighted by atomic mass is 10.0. The molecule has 7 heteroatoms. The van der Waals surface area contributed by atoms with Crippen LogP contribution < -0.4 is 5.32 Å². The molecule has 3 heterocycles. The van der Waals surface area contributed by atoms with Crippen molar-refractivity contribution in [2.45, 2.75) is 12.6 Å². The Labute approximate surface area is 176 Å². The summed E-state index contributed by atoms with van der Waals surface area (Å²) in [6, 6.07) is 15.5. The first kappa shape index (κ1) is 20.4. The average molecular weight is 406 g/mol. The number of carbonyl (C=O) groups is 1. The van der Waals surface area contributed by atoms with Gasteiger partial charge in [-0.2, -0.15) is 0 Å². The van der Waals surface area contributed by atoms with Crippen molar-refractivity contribution < 1.29 is 14.3 Å². The van der Waals surface area contributed by atoms with E-state index >= 15 is 0 Å². The normalized spacial score (nSPS) is 17.2. The summed E-state index contributed by atoms with van der Waals surface area (Å²) in [7, 11) is 1.61. The van der Waals surface area contributed by atoms with Crippen LogP contribution in [0.2, 0.25) is 0 Å². The SMILES string of the molecule is COCCNC(=O)c1cc([C@@H]2CN(Cc3ccccn3)CCO2)nc2ccccc12. The van der Waals surface area contributed by atoms with Crippen molar-refractivity contribution in [2.75, 3.05) is 40.0 Å². The predicted molar refractivity (Wildman–Crippen MR) is 114 cm³/mol. The Morgan fingerprint density at radius 2 is 2.13 bits per heavy atom. The first-order valence-corrected chi connectivity index (χ1v) is 10.2. The van der Waals surface area contributed by atoms with Crippen LogP contribution in [0.15, 0.2) is 54.7 Å². The molecule has 1 fully saturated rings. The second-order valence-corrected chi connectivity index (χ2v) is 7.28. The van der Waals surface area contributed by atoms with Gasteiger partial charge in [-0.15, -0.1) is 0 Å². The largest absolute Gasteiger partial charge is 0.383 e. The Morgan fingerprint density at radius 1 is 1.27 bits per heavy atom. The zero-order valence-corrected chi connectivity index (χ0v) is 17.1. The van der Waals surface area contributed by atoms with Gasteiger partial charge in [-0.1, -0.05) is 24.3 Å². The van der Waals surface area contributed by atoms with Crippen molar-refractivity contribution in [1.29, 1.82) is 0 Å². The zero-order valence-electron chi connectivity index (χ0n) is 17.1. The van der Waals surface area contributed by atoms with Crippen LogP contribution in [0, 0.1) is 0 Å². The average Bonchev–Trinajstić information content (AvgIpc) is 2.79. The van der Waals surface area contributed by atoms with Crippen LogP contribution in [-0.4, -0.2) is 60.7 Å². The molecule has 1 N–H and O–H groups in total. The van der Waals surface area contributed by atoms with E-state index in [1.165, 1.54) is 0 Å². The smallest absolute Gasteiger partial charge is 0.252 e. The summed E-state index contributed by atoms with van der Waals surface area (Å²) >= 11 is 0. The van der Waals surface area contributed by atoms with E-state index in [2.05, 4.69) is 15.2 Å². The summed E-state index contributed by atoms with van der Waals surface area (Å²) in [5.74, 6) is -0.131. The second-order valence-electron chi connectivity index (χ2n) is 7.28. The molecule has 1 amide bonds. The van der Waals surface area contributed by atoms with Gasteiger partial charge in [-0.05, 0) is 24.3 Å². The van der Waals surface area contributed by atoms with Crippen molar-refractivity contribution in [3.8, 4) is 0 Å². The van der Waals surface area contributed by atoms with Gasteiger partial charge in [0.05, 0.1) is 35.7 Å². The number of aromatic nitrogens is 2. The Morgan fingerprint density at radius 3 is 2.97 bits per heavy atom. The van der Waals surface area contributed by atoms with Gasteiger partial charge in [0.25, 0.3) is 5.91 Å². The number of rotatable bonds is 7. The highest BCUT2D eigenvalue weighted by atomic mass is 16.5. The number of carbonyl (C=O) groups excluding carboxylic acids is 1. The lowest BCUT2D eigenvalue weighted by Gasteiger charge is -2.32. The lowest BCUT2D eigenvalue weighted by molar-refractivity contribution is -0.0352. The maximum Gasteiger partial charge on any atom is 0.252 e. The van der Waals surface area contributed by atoms with Crippen molar-refractivity contribution in [3.05, 3.63) is 71.7 Å². The summed E-state index contributed by atoms with van der Waals surface area (Å²) in [6.45, 7) is 3.84. The number of hydrogen-bond acceptors (Lipinski definition) is 6. The molecule has 156 valence electrons. The highest BCUT2D eigenvalue weighted by molar-refractivity contribution is 6.06. The molecule has 4 rings (SSSR count). The molecule has 30 heavy (non-hydrogen) atoms. The van der Waals surface area contributed by atoms with E-state index < -0.39 is 0 Å². The Hall–Kier alpha value is -2.87. The van der Waals surface area contributed by atoms with Crippen LogP contribution in [0.1, 0.15) is 27.8 Å². The fraction of sp³-hybridized carbons (Fsp3) is 0.348. The third-order valence-corrected chi connectivity index (χ3v) is 5.16. The van der Waals surface area contributed by atoms with Gasteiger partial charge in [0.1, 0.15) is 6.10 Å². The minimum Gasteiger partial charge on any atom is -0.383 e. The fourth-order valence-electron chi connectivity index (χ4n) is 3.66. The molecule has 0 saturated carbocycles. The lowest BCUT2D eigenvalue weighted by Crippen LogP contribution is -2.38. The maximum atomic E-state index is 12.8. The zero-order chi connectivity index (χ0) is 20.8. The Bertz CT molecular complexity index is 996. The number of amides is 1. The van der Waals surface area contributed by atoms with Gasteiger partial charge < -0.3 is 14.8 Å². The number of methoxy groups -OCH3 is 1. The standard InChI is InChI=1S/C23H26N4O3/c1-29-12-10-25-23(28)19-14-21(26-20-8-3-2-7-18(19)20)22-16-27(11-13-30-22)15-17-6-4-5-9-24-17/h2-9,14,22H,10-13,15-16H2,1H3,(H,25,28)/t22-/m0/s1. The van der Waals surface area contributed by atoms with Gasteiger partial charge in [0, 0.05) is 44.9 Å². The third-order valence-electron chi connectivity index (χ3n) is 5.16. The number of nitrogens with one attached hydrogen (secondary N) is 1. The second kappa shape index (κ2) is 9.75. The van der Waals surface area contributed by atoms with Crippen LogP contribution in [-0.2, 0) is 16.0 Å². The topological polar surface area (TPSA) is 76.6 Å². The minimum absolute atomic E-state index is 0.131. The van der Waals surface area contributed by atoms with Gasteiger partial charge in [-0.3, -0.25) is 14.7 Å². The number of morpholine rings is 1. The number of hydrogen-bond donors (Lipinski definition) is 1. The first-order chi connectivity index (χ1) is 14.7. The molecular weight excluding hydrogens is 380 g/mol. The molecule has 0 aliphatic carbocycles. The molecule has 0 unspecified atom stereocenters. The number of benzene rings is 1. The number of nitrogens with zero attached hydrogens (tertiary/aromatic N) is 3. The van der Waals surface area contributed by atoms with Gasteiger partial charge >= 0.3 is 0 Å². The molecule has 1 aliphatic rings. The van der Waals surface area contributed by atoms with Crippen molar-refractivity contribution in [2.24, 2.45) is 0 Å². The molecule has 0 spiro atoms. The first-order valence-electron chi connectivity index (χ1n) is 10.2. The highest BCUT2D eigenvalue weighted by Crippen LogP contribution is 2.26. The molecule has 7 nitrogen and oxygen atoms in total. The molecular formula is C23H26N4O3. The summed E-state index contributed by atoms with van der Waals surface area (Å²) in [6.07, 6.45) is 1.62. The van der Waals surface area contributed by atoms with Crippen LogP contribution in [0.5, 0.6) is 0 Å². The van der Waals surface area contributed by atoms with Crippen LogP contribution >= 0.6 is 0 Å². The molecule has 3 aromatic rings. The molecule has 2 aromatic heterocycles. The summed E-state index contributed by atoms with van der Waals surface area (Å²) in [5, 5.41) is 3.74. The Kier molecular flexibility index (Phi) is 6.63. The summed E-state index contributed by atoms with van der Waals surface area (Å²) in [5.41, 5.74) is 3.20. The van der Waals surface area contributed by atoms with E-state index in [0.717, 1.165) is 35.4 Å². The van der Waals surface area contributed by atoms with Crippen LogP contribution in [0.4, 0.5) is 0 Å². The Balaban J connectivity index is 1.57. The number of pyridine rings is 2. The van der Waals surface area contributed by atoms with E-state index in [9.17, 15) is 4.79 Å². The van der Waals surface area contributed by atoms with E-state index in [1.54, 1.807) is 7.11 Å². The molecule has 1 aromatic carbocycles. The highest BCUT2D eigenvalue weighted by Gasteiger charge is 2.25. The molecule has 0 radical (unpaired) electrons. The van der Waals surface area contributed by atoms with Crippen molar-refractivity contribution in [3.63, 3.8) is 0 Å². The van der Waals surface area contributed by atoms with Gasteiger partial charge in [-0.25, -0.2) is 4.98 Å². The monoisotopic (exact) mass is 406 g/mol. The number of para-hydroxylation sites is 1. The van der Waals surface area contributed by atoms with Gasteiger partial charge in [0.15, 0.2) is 0 Å². The maximum absolute atomic E-state index is 12.8. The predicted octanol–water partition coefficient (Wildman–Crippen LogP) is 2.58. The number of ether oxygens (including phenoxy) is 2. The van der Waals surface area contributed by atoms with E-state index in [-0.39, 0.29) is 12.0 Å². The quantitative estimate of drug-likeness (QED) is 0.608. The van der Waals surface area contributed by atoms with E-state index in [4.69, 9.17) is 14.5 Å². The third kappa shape index (κ3) is 4.81. The summed E-state index contributed by atoms with van der Waals surface area (Å²) in [4.78, 5) is 24.4. The van der Waals surface area contributed by atoms with Crippen molar-refractivity contribution >= 4 is 16.8 Å². The van der Waals surface area contributed by atoms with E-state index in [0.29, 0.717) is 31.9 Å². The number of fused-ring (bicyclic) bond motifs is 1. The minimum atomic E-state index is -0.197. The summed E-state index contributed by atoms with van der Waals surface area (Å²) < 4.78 is 11.1. The van der Waals surface area contributed by atoms with Crippen LogP contribution in [0.25, 0.3) is 10.9 Å².